The first-order chi connectivity index (χ1) is 10.9. The van der Waals surface area contributed by atoms with Crippen LogP contribution in [0.4, 0.5) is 0 Å². The number of ether oxygens (including phenoxy) is 4. The Morgan fingerprint density at radius 3 is 2.26 bits per heavy atom. The molecule has 23 heavy (non-hydrogen) atoms. The SMILES string of the molecule is COC(=O)C(C)(O)C1OC(=O)C(c2ccc(OC)cc2)=C1OC. The number of rotatable bonds is 5. The van der Waals surface area contributed by atoms with Gasteiger partial charge in [-0.2, -0.15) is 0 Å². The first-order valence-electron chi connectivity index (χ1n) is 6.81. The van der Waals surface area contributed by atoms with Crippen molar-refractivity contribution in [2.45, 2.75) is 18.6 Å². The third-order valence-corrected chi connectivity index (χ3v) is 3.62. The summed E-state index contributed by atoms with van der Waals surface area (Å²) in [6.45, 7) is 1.20. The lowest BCUT2D eigenvalue weighted by molar-refractivity contribution is -0.177. The van der Waals surface area contributed by atoms with Crippen molar-refractivity contribution in [3.63, 3.8) is 0 Å². The van der Waals surface area contributed by atoms with Crippen LogP contribution in [-0.2, 0) is 23.8 Å². The quantitative estimate of drug-likeness (QED) is 0.805. The van der Waals surface area contributed by atoms with Crippen LogP contribution in [0, 0.1) is 0 Å². The van der Waals surface area contributed by atoms with Gasteiger partial charge in [-0.3, -0.25) is 0 Å². The minimum atomic E-state index is -2.07. The van der Waals surface area contributed by atoms with Gasteiger partial charge in [-0.1, -0.05) is 12.1 Å². The Labute approximate surface area is 133 Å². The van der Waals surface area contributed by atoms with E-state index in [-0.39, 0.29) is 11.3 Å². The van der Waals surface area contributed by atoms with E-state index in [1.807, 2.05) is 0 Å². The van der Waals surface area contributed by atoms with E-state index in [0.29, 0.717) is 11.3 Å². The monoisotopic (exact) mass is 322 g/mol. The van der Waals surface area contributed by atoms with E-state index in [2.05, 4.69) is 4.74 Å². The molecule has 0 radical (unpaired) electrons. The van der Waals surface area contributed by atoms with Crippen LogP contribution in [0.2, 0.25) is 0 Å². The van der Waals surface area contributed by atoms with Crippen molar-refractivity contribution >= 4 is 17.5 Å². The molecule has 7 heteroatoms. The van der Waals surface area contributed by atoms with Crippen molar-refractivity contribution in [3.8, 4) is 5.75 Å². The number of carbonyl (C=O) groups is 2. The Morgan fingerprint density at radius 2 is 1.78 bits per heavy atom. The lowest BCUT2D eigenvalue weighted by atomic mass is 9.95. The second-order valence-electron chi connectivity index (χ2n) is 5.10. The van der Waals surface area contributed by atoms with Crippen LogP contribution in [0.3, 0.4) is 0 Å². The molecular weight excluding hydrogens is 304 g/mol. The number of methoxy groups -OCH3 is 3. The van der Waals surface area contributed by atoms with Gasteiger partial charge < -0.3 is 24.1 Å². The summed E-state index contributed by atoms with van der Waals surface area (Å²) >= 11 is 0. The summed E-state index contributed by atoms with van der Waals surface area (Å²) in [7, 11) is 4.00. The van der Waals surface area contributed by atoms with E-state index < -0.39 is 23.6 Å². The fourth-order valence-electron chi connectivity index (χ4n) is 2.36. The van der Waals surface area contributed by atoms with Crippen LogP contribution in [0.25, 0.3) is 5.57 Å². The highest BCUT2D eigenvalue weighted by Crippen LogP contribution is 2.36. The number of hydrogen-bond donors (Lipinski definition) is 1. The molecule has 1 aliphatic rings. The van der Waals surface area contributed by atoms with Gasteiger partial charge in [0, 0.05) is 0 Å². The molecule has 0 aliphatic carbocycles. The molecule has 1 aliphatic heterocycles. The van der Waals surface area contributed by atoms with Crippen LogP contribution < -0.4 is 4.74 Å². The van der Waals surface area contributed by atoms with Gasteiger partial charge in [-0.25, -0.2) is 9.59 Å². The minimum absolute atomic E-state index is 0.0653. The van der Waals surface area contributed by atoms with Crippen LogP contribution in [0.1, 0.15) is 12.5 Å². The zero-order valence-corrected chi connectivity index (χ0v) is 13.3. The molecule has 0 saturated heterocycles. The molecule has 2 unspecified atom stereocenters. The zero-order chi connectivity index (χ0) is 17.2. The van der Waals surface area contributed by atoms with Gasteiger partial charge in [-0.05, 0) is 24.6 Å². The van der Waals surface area contributed by atoms with E-state index >= 15 is 0 Å². The van der Waals surface area contributed by atoms with E-state index in [9.17, 15) is 14.7 Å². The molecule has 2 rings (SSSR count). The van der Waals surface area contributed by atoms with Crippen molar-refractivity contribution in [2.75, 3.05) is 21.3 Å². The van der Waals surface area contributed by atoms with Crippen molar-refractivity contribution in [1.82, 2.24) is 0 Å². The van der Waals surface area contributed by atoms with E-state index in [4.69, 9.17) is 14.2 Å². The fourth-order valence-corrected chi connectivity index (χ4v) is 2.36. The molecule has 2 atom stereocenters. The summed E-state index contributed by atoms with van der Waals surface area (Å²) in [5.41, 5.74) is -1.40. The normalized spacial score (nSPS) is 19.9. The summed E-state index contributed by atoms with van der Waals surface area (Å²) in [4.78, 5) is 24.0. The maximum atomic E-state index is 12.2. The summed E-state index contributed by atoms with van der Waals surface area (Å²) in [6.07, 6.45) is -1.29. The highest BCUT2D eigenvalue weighted by Gasteiger charge is 2.52. The zero-order valence-electron chi connectivity index (χ0n) is 13.3. The minimum Gasteiger partial charge on any atom is -0.497 e. The van der Waals surface area contributed by atoms with Gasteiger partial charge in [0.1, 0.15) is 11.3 Å². The number of carbonyl (C=O) groups excluding carboxylic acids is 2. The third kappa shape index (κ3) is 2.87. The Kier molecular flexibility index (Phi) is 4.60. The summed E-state index contributed by atoms with van der Waals surface area (Å²) < 4.78 is 20.0. The topological polar surface area (TPSA) is 91.3 Å². The highest BCUT2D eigenvalue weighted by atomic mass is 16.6. The molecule has 0 amide bonds. The maximum absolute atomic E-state index is 12.2. The number of esters is 2. The molecule has 0 saturated carbocycles. The molecule has 1 aromatic carbocycles. The smallest absolute Gasteiger partial charge is 0.343 e. The Bertz CT molecular complexity index is 643. The molecule has 0 spiro atoms. The largest absolute Gasteiger partial charge is 0.497 e. The lowest BCUT2D eigenvalue weighted by Gasteiger charge is -2.26. The van der Waals surface area contributed by atoms with Gasteiger partial charge in [0.25, 0.3) is 0 Å². The van der Waals surface area contributed by atoms with E-state index in [0.717, 1.165) is 7.11 Å². The van der Waals surface area contributed by atoms with Gasteiger partial charge >= 0.3 is 11.9 Å². The molecule has 1 aromatic rings. The number of benzene rings is 1. The van der Waals surface area contributed by atoms with Crippen molar-refractivity contribution in [3.05, 3.63) is 35.6 Å². The van der Waals surface area contributed by atoms with Crippen molar-refractivity contribution in [2.24, 2.45) is 0 Å². The van der Waals surface area contributed by atoms with Crippen LogP contribution in [0.5, 0.6) is 5.75 Å². The maximum Gasteiger partial charge on any atom is 0.343 e. The Morgan fingerprint density at radius 1 is 1.17 bits per heavy atom. The molecule has 0 aromatic heterocycles. The fraction of sp³-hybridized carbons (Fsp3) is 0.375. The number of hydrogen-bond acceptors (Lipinski definition) is 7. The second kappa shape index (κ2) is 6.29. The van der Waals surface area contributed by atoms with Crippen molar-refractivity contribution < 1.29 is 33.6 Å². The standard InChI is InChI=1S/C16H18O7/c1-16(19,15(18)22-4)13-12(21-3)11(14(17)23-13)9-5-7-10(20-2)8-6-9/h5-8,13,19H,1-4H3. The first-order valence-corrected chi connectivity index (χ1v) is 6.81. The highest BCUT2D eigenvalue weighted by molar-refractivity contribution is 6.19. The van der Waals surface area contributed by atoms with Gasteiger partial charge in [0.15, 0.2) is 11.9 Å². The number of cyclic esters (lactones) is 1. The predicted molar refractivity (Wildman–Crippen MR) is 79.4 cm³/mol. The van der Waals surface area contributed by atoms with Gasteiger partial charge in [0.05, 0.1) is 21.3 Å². The Balaban J connectivity index is 2.48. The molecule has 0 bridgehead atoms. The molecule has 0 fully saturated rings. The van der Waals surface area contributed by atoms with Crippen molar-refractivity contribution in [1.29, 1.82) is 0 Å². The molecule has 7 nitrogen and oxygen atoms in total. The second-order valence-corrected chi connectivity index (χ2v) is 5.10. The third-order valence-electron chi connectivity index (χ3n) is 3.62. The molecule has 1 heterocycles. The molecule has 1 N–H and O–H groups in total. The van der Waals surface area contributed by atoms with Gasteiger partial charge in [0.2, 0.25) is 5.60 Å². The Hall–Kier alpha value is -2.54. The predicted octanol–water partition coefficient (Wildman–Crippen LogP) is 0.902. The van der Waals surface area contributed by atoms with Crippen LogP contribution in [0.15, 0.2) is 30.0 Å². The average Bonchev–Trinajstić information content (AvgIpc) is 2.91. The molecular formula is C16H18O7. The van der Waals surface area contributed by atoms with Gasteiger partial charge in [-0.15, -0.1) is 0 Å². The summed E-state index contributed by atoms with van der Waals surface area (Å²) in [6, 6.07) is 6.66. The lowest BCUT2D eigenvalue weighted by Crippen LogP contribution is -2.49. The molecule has 124 valence electrons. The van der Waals surface area contributed by atoms with E-state index in [1.165, 1.54) is 21.1 Å². The average molecular weight is 322 g/mol. The van der Waals surface area contributed by atoms with Crippen LogP contribution >= 0.6 is 0 Å². The van der Waals surface area contributed by atoms with E-state index in [1.54, 1.807) is 24.3 Å². The first kappa shape index (κ1) is 16.8. The summed E-state index contributed by atoms with van der Waals surface area (Å²) in [5, 5.41) is 10.4. The summed E-state index contributed by atoms with van der Waals surface area (Å²) in [5.74, 6) is -0.935. The number of aliphatic hydroxyl groups is 1. The van der Waals surface area contributed by atoms with Crippen LogP contribution in [-0.4, -0.2) is 50.1 Å².